The summed E-state index contributed by atoms with van der Waals surface area (Å²) in [7, 11) is 0. The summed E-state index contributed by atoms with van der Waals surface area (Å²) < 4.78 is 0. The molecule has 0 rings (SSSR count). The topological polar surface area (TPSA) is 23.9 Å². The highest BCUT2D eigenvalue weighted by molar-refractivity contribution is 5.68. The maximum atomic E-state index is 6.57. The highest BCUT2D eigenvalue weighted by Gasteiger charge is 1.55. The van der Waals surface area contributed by atoms with Gasteiger partial charge < -0.3 is 5.41 Å². The van der Waals surface area contributed by atoms with Crippen LogP contribution in [0.4, 0.5) is 0 Å². The van der Waals surface area contributed by atoms with Gasteiger partial charge in [-0.05, 0) is 6.08 Å². The van der Waals surface area contributed by atoms with Crippen molar-refractivity contribution >= 4 is 6.21 Å². The third kappa shape index (κ3) is 4.89. The lowest BCUT2D eigenvalue weighted by molar-refractivity contribution is 1.58. The van der Waals surface area contributed by atoms with E-state index in [4.69, 9.17) is 5.41 Å². The van der Waals surface area contributed by atoms with Crippen molar-refractivity contribution in [2.75, 3.05) is 0 Å². The fourth-order valence-corrected chi connectivity index (χ4v) is 0.262. The van der Waals surface area contributed by atoms with Gasteiger partial charge in [-0.25, -0.2) is 0 Å². The van der Waals surface area contributed by atoms with Gasteiger partial charge in [-0.2, -0.15) is 0 Å². The first-order valence-corrected chi connectivity index (χ1v) is 2.36. The Morgan fingerprint density at radius 1 is 1.00 bits per heavy atom. The lowest BCUT2D eigenvalue weighted by Crippen LogP contribution is -1.52. The van der Waals surface area contributed by atoms with E-state index >= 15 is 0 Å². The molecule has 0 aliphatic heterocycles. The number of allylic oxidation sites excluding steroid dienone is 5. The molecule has 0 aliphatic carbocycles. The summed E-state index contributed by atoms with van der Waals surface area (Å²) in [4.78, 5) is 0. The minimum atomic E-state index is 1.23. The van der Waals surface area contributed by atoms with Crippen molar-refractivity contribution in [1.29, 1.82) is 5.41 Å². The van der Waals surface area contributed by atoms with Gasteiger partial charge >= 0.3 is 0 Å². The molecule has 0 aromatic heterocycles. The number of nitrogens with one attached hydrogen (secondary N) is 1. The molecule has 0 bridgehead atoms. The van der Waals surface area contributed by atoms with Crippen LogP contribution in [0.2, 0.25) is 0 Å². The van der Waals surface area contributed by atoms with Crippen molar-refractivity contribution in [3.63, 3.8) is 0 Å². The Labute approximate surface area is 49.5 Å². The quantitative estimate of drug-likeness (QED) is 0.421. The van der Waals surface area contributed by atoms with Crippen LogP contribution in [-0.4, -0.2) is 6.21 Å². The third-order valence-corrected chi connectivity index (χ3v) is 0.566. The van der Waals surface area contributed by atoms with Gasteiger partial charge in [-0.3, -0.25) is 0 Å². The van der Waals surface area contributed by atoms with Crippen LogP contribution >= 0.6 is 0 Å². The molecule has 1 heteroatoms. The molecular formula is C7H9N. The molecule has 0 saturated carbocycles. The molecule has 1 nitrogen and oxygen atoms in total. The lowest BCUT2D eigenvalue weighted by Gasteiger charge is -1.66. The Hall–Kier alpha value is -1.11. The summed E-state index contributed by atoms with van der Waals surface area (Å²) in [5.41, 5.74) is 0. The summed E-state index contributed by atoms with van der Waals surface area (Å²) >= 11 is 0. The van der Waals surface area contributed by atoms with Crippen molar-refractivity contribution in [3.05, 3.63) is 37.0 Å². The molecule has 0 saturated heterocycles. The second-order valence-corrected chi connectivity index (χ2v) is 1.17. The minimum absolute atomic E-state index is 1.23. The van der Waals surface area contributed by atoms with Gasteiger partial charge in [0, 0.05) is 6.21 Å². The fourth-order valence-electron chi connectivity index (χ4n) is 0.262. The number of hydrogen-bond donors (Lipinski definition) is 1. The molecule has 0 aliphatic rings. The molecule has 0 fully saturated rings. The molecule has 0 spiro atoms. The zero-order valence-electron chi connectivity index (χ0n) is 4.67. The first-order valence-electron chi connectivity index (χ1n) is 2.36. The van der Waals surface area contributed by atoms with Crippen LogP contribution in [0.25, 0.3) is 0 Å². The van der Waals surface area contributed by atoms with Gasteiger partial charge in [-0.1, -0.05) is 30.9 Å². The van der Waals surface area contributed by atoms with E-state index in [9.17, 15) is 0 Å². The van der Waals surface area contributed by atoms with E-state index in [2.05, 4.69) is 6.58 Å². The van der Waals surface area contributed by atoms with E-state index in [0.29, 0.717) is 0 Å². The summed E-state index contributed by atoms with van der Waals surface area (Å²) in [5, 5.41) is 6.57. The van der Waals surface area contributed by atoms with Gasteiger partial charge in [0.2, 0.25) is 0 Å². The highest BCUT2D eigenvalue weighted by Crippen LogP contribution is 1.73. The van der Waals surface area contributed by atoms with Gasteiger partial charge in [0.15, 0.2) is 0 Å². The molecule has 42 valence electrons. The van der Waals surface area contributed by atoms with Crippen LogP contribution in [0.3, 0.4) is 0 Å². The summed E-state index contributed by atoms with van der Waals surface area (Å²) in [6.07, 6.45) is 9.95. The average molecular weight is 107 g/mol. The van der Waals surface area contributed by atoms with Crippen molar-refractivity contribution in [3.8, 4) is 0 Å². The monoisotopic (exact) mass is 107 g/mol. The van der Waals surface area contributed by atoms with Crippen molar-refractivity contribution in [2.45, 2.75) is 0 Å². The zero-order valence-corrected chi connectivity index (χ0v) is 4.67. The predicted molar refractivity (Wildman–Crippen MR) is 37.3 cm³/mol. The largest absolute Gasteiger partial charge is 0.309 e. The van der Waals surface area contributed by atoms with E-state index in [-0.39, 0.29) is 0 Å². The normalized spacial score (nSPS) is 10.5. The van der Waals surface area contributed by atoms with Gasteiger partial charge in [0.1, 0.15) is 0 Å². The second-order valence-electron chi connectivity index (χ2n) is 1.17. The van der Waals surface area contributed by atoms with E-state index in [0.717, 1.165) is 0 Å². The van der Waals surface area contributed by atoms with Crippen LogP contribution in [-0.2, 0) is 0 Å². The molecule has 0 unspecified atom stereocenters. The summed E-state index contributed by atoms with van der Waals surface area (Å²) in [6.45, 7) is 3.48. The maximum absolute atomic E-state index is 6.57. The molecule has 8 heavy (non-hydrogen) atoms. The standard InChI is InChI=1S/C7H9N/c1-2-3-4-5-6-7-8/h2-8H,1H2. The van der Waals surface area contributed by atoms with Crippen molar-refractivity contribution in [1.82, 2.24) is 0 Å². The number of rotatable bonds is 3. The summed E-state index contributed by atoms with van der Waals surface area (Å²) in [5.74, 6) is 0. The number of hydrogen-bond acceptors (Lipinski definition) is 1. The average Bonchev–Trinajstić information content (AvgIpc) is 1.81. The van der Waals surface area contributed by atoms with Crippen molar-refractivity contribution < 1.29 is 0 Å². The SMILES string of the molecule is C=CC=CC=CC=N. The summed E-state index contributed by atoms with van der Waals surface area (Å²) in [6, 6.07) is 0. The van der Waals surface area contributed by atoms with Crippen LogP contribution in [0.15, 0.2) is 37.0 Å². The smallest absolute Gasteiger partial charge is 0.0177 e. The Morgan fingerprint density at radius 3 is 2.12 bits per heavy atom. The molecule has 0 radical (unpaired) electrons. The Kier molecular flexibility index (Phi) is 5.07. The minimum Gasteiger partial charge on any atom is -0.309 e. The predicted octanol–water partition coefficient (Wildman–Crippen LogP) is 1.93. The van der Waals surface area contributed by atoms with Crippen LogP contribution < -0.4 is 0 Å². The maximum Gasteiger partial charge on any atom is 0.0177 e. The van der Waals surface area contributed by atoms with Crippen LogP contribution in [0, 0.1) is 5.41 Å². The van der Waals surface area contributed by atoms with Gasteiger partial charge in [0.25, 0.3) is 0 Å². The molecule has 0 aromatic carbocycles. The van der Waals surface area contributed by atoms with Gasteiger partial charge in [0.05, 0.1) is 0 Å². The Balaban J connectivity index is 3.41. The molecule has 0 heterocycles. The highest BCUT2D eigenvalue weighted by atomic mass is 14.3. The molecule has 0 aromatic rings. The van der Waals surface area contributed by atoms with E-state index in [1.54, 1.807) is 24.3 Å². The molecule has 0 amide bonds. The first-order chi connectivity index (χ1) is 3.91. The molecule has 1 N–H and O–H groups in total. The fraction of sp³-hybridized carbons (Fsp3) is 0. The molecular weight excluding hydrogens is 98.1 g/mol. The van der Waals surface area contributed by atoms with E-state index in [1.165, 1.54) is 6.21 Å². The van der Waals surface area contributed by atoms with Crippen molar-refractivity contribution in [2.24, 2.45) is 0 Å². The first kappa shape index (κ1) is 6.89. The zero-order chi connectivity index (χ0) is 6.24. The van der Waals surface area contributed by atoms with E-state index < -0.39 is 0 Å². The van der Waals surface area contributed by atoms with Crippen LogP contribution in [0.5, 0.6) is 0 Å². The second kappa shape index (κ2) is 5.89. The van der Waals surface area contributed by atoms with Crippen LogP contribution in [0.1, 0.15) is 0 Å². The lowest BCUT2D eigenvalue weighted by atomic mass is 10.4. The molecule has 0 atom stereocenters. The third-order valence-electron chi connectivity index (χ3n) is 0.566. The van der Waals surface area contributed by atoms with E-state index in [1.807, 2.05) is 6.08 Å². The van der Waals surface area contributed by atoms with Gasteiger partial charge in [-0.15, -0.1) is 0 Å². The Morgan fingerprint density at radius 2 is 1.62 bits per heavy atom. The Bertz CT molecular complexity index is 104.